The van der Waals surface area contributed by atoms with Crippen LogP contribution in [0.5, 0.6) is 11.5 Å². The highest BCUT2D eigenvalue weighted by molar-refractivity contribution is 5.66. The van der Waals surface area contributed by atoms with E-state index in [1.54, 1.807) is 18.5 Å². The summed E-state index contributed by atoms with van der Waals surface area (Å²) in [4.78, 5) is 3.90. The van der Waals surface area contributed by atoms with Gasteiger partial charge in [0.15, 0.2) is 11.5 Å². The van der Waals surface area contributed by atoms with E-state index in [-0.39, 0.29) is 11.5 Å². The number of aromatic hydroxyl groups is 2. The molecule has 0 aliphatic rings. The van der Waals surface area contributed by atoms with Gasteiger partial charge in [0.25, 0.3) is 0 Å². The molecule has 1 heterocycles. The Kier molecular flexibility index (Phi) is 2.07. The number of nitrogens with zero attached hydrogens (tertiary/aromatic N) is 1. The second-order valence-corrected chi connectivity index (χ2v) is 2.94. The molecule has 0 radical (unpaired) electrons. The van der Waals surface area contributed by atoms with E-state index in [2.05, 4.69) is 4.98 Å². The van der Waals surface area contributed by atoms with Crippen molar-refractivity contribution in [2.75, 3.05) is 0 Å². The van der Waals surface area contributed by atoms with Crippen LogP contribution in [0, 0.1) is 0 Å². The Morgan fingerprint density at radius 1 is 0.786 bits per heavy atom. The first kappa shape index (κ1) is 8.56. The second kappa shape index (κ2) is 3.38. The van der Waals surface area contributed by atoms with Gasteiger partial charge in [0.05, 0.1) is 0 Å². The van der Waals surface area contributed by atoms with Crippen molar-refractivity contribution in [1.82, 2.24) is 4.98 Å². The molecule has 70 valence electrons. The predicted octanol–water partition coefficient (Wildman–Crippen LogP) is 2.16. The fourth-order valence-corrected chi connectivity index (χ4v) is 1.25. The summed E-state index contributed by atoms with van der Waals surface area (Å²) in [6.07, 6.45) is 3.36. The fraction of sp³-hybridized carbons (Fsp3) is 0. The third-order valence-electron chi connectivity index (χ3n) is 1.99. The molecule has 1 aromatic carbocycles. The number of hydrogen-bond donors (Lipinski definition) is 2. The minimum Gasteiger partial charge on any atom is -0.504 e. The molecule has 2 aromatic rings. The van der Waals surface area contributed by atoms with Crippen LogP contribution >= 0.6 is 0 Å². The molecule has 0 bridgehead atoms. The smallest absolute Gasteiger partial charge is 0.158 e. The summed E-state index contributed by atoms with van der Waals surface area (Å²) < 4.78 is 0. The normalized spacial score (nSPS) is 10.0. The van der Waals surface area contributed by atoms with E-state index in [1.165, 1.54) is 12.1 Å². The van der Waals surface area contributed by atoms with Gasteiger partial charge in [-0.05, 0) is 35.4 Å². The predicted molar refractivity (Wildman–Crippen MR) is 53.0 cm³/mol. The molecule has 0 amide bonds. The van der Waals surface area contributed by atoms with Crippen LogP contribution in [-0.2, 0) is 0 Å². The van der Waals surface area contributed by atoms with Gasteiger partial charge < -0.3 is 10.2 Å². The Bertz CT molecular complexity index is 440. The SMILES string of the molecule is Oc1ccc(-c2ccncc2)cc1O. The molecule has 2 rings (SSSR count). The van der Waals surface area contributed by atoms with Crippen molar-refractivity contribution < 1.29 is 10.2 Å². The third kappa shape index (κ3) is 1.52. The Morgan fingerprint density at radius 3 is 2.14 bits per heavy atom. The van der Waals surface area contributed by atoms with Gasteiger partial charge in [-0.1, -0.05) is 6.07 Å². The van der Waals surface area contributed by atoms with Crippen LogP contribution in [0.25, 0.3) is 11.1 Å². The molecule has 0 aliphatic carbocycles. The maximum Gasteiger partial charge on any atom is 0.158 e. The Labute approximate surface area is 81.3 Å². The van der Waals surface area contributed by atoms with Crippen LogP contribution in [0.4, 0.5) is 0 Å². The van der Waals surface area contributed by atoms with E-state index in [9.17, 15) is 5.11 Å². The number of phenols is 2. The van der Waals surface area contributed by atoms with Gasteiger partial charge in [0.1, 0.15) is 0 Å². The topological polar surface area (TPSA) is 53.4 Å². The van der Waals surface area contributed by atoms with Crippen molar-refractivity contribution in [3.63, 3.8) is 0 Å². The lowest BCUT2D eigenvalue weighted by atomic mass is 10.1. The number of benzene rings is 1. The summed E-state index contributed by atoms with van der Waals surface area (Å²) in [5, 5.41) is 18.4. The minimum absolute atomic E-state index is 0.109. The van der Waals surface area contributed by atoms with Gasteiger partial charge in [-0.15, -0.1) is 0 Å². The van der Waals surface area contributed by atoms with Crippen LogP contribution in [0.15, 0.2) is 42.7 Å². The molecule has 0 unspecified atom stereocenters. The molecule has 0 fully saturated rings. The average molecular weight is 187 g/mol. The van der Waals surface area contributed by atoms with E-state index in [1.807, 2.05) is 12.1 Å². The van der Waals surface area contributed by atoms with Crippen molar-refractivity contribution >= 4 is 0 Å². The van der Waals surface area contributed by atoms with Gasteiger partial charge in [0.2, 0.25) is 0 Å². The van der Waals surface area contributed by atoms with Crippen LogP contribution < -0.4 is 0 Å². The van der Waals surface area contributed by atoms with Crippen LogP contribution in [0.1, 0.15) is 0 Å². The number of rotatable bonds is 1. The summed E-state index contributed by atoms with van der Waals surface area (Å²) in [6, 6.07) is 8.40. The van der Waals surface area contributed by atoms with E-state index in [0.29, 0.717) is 0 Å². The number of phenolic OH excluding ortho intramolecular Hbond substituents is 2. The van der Waals surface area contributed by atoms with Gasteiger partial charge in [-0.25, -0.2) is 0 Å². The number of hydrogen-bond acceptors (Lipinski definition) is 3. The first-order valence-corrected chi connectivity index (χ1v) is 4.20. The first-order chi connectivity index (χ1) is 6.77. The summed E-state index contributed by atoms with van der Waals surface area (Å²) in [5.41, 5.74) is 1.80. The van der Waals surface area contributed by atoms with E-state index in [4.69, 9.17) is 5.11 Å². The summed E-state index contributed by atoms with van der Waals surface area (Å²) in [6.45, 7) is 0. The van der Waals surface area contributed by atoms with E-state index in [0.717, 1.165) is 11.1 Å². The molecule has 0 atom stereocenters. The summed E-state index contributed by atoms with van der Waals surface area (Å²) >= 11 is 0. The molecule has 14 heavy (non-hydrogen) atoms. The standard InChI is InChI=1S/C11H9NO2/c13-10-2-1-9(7-11(10)14)8-3-5-12-6-4-8/h1-7,13-14H. The average Bonchev–Trinajstić information content (AvgIpc) is 2.23. The molecule has 3 heteroatoms. The fourth-order valence-electron chi connectivity index (χ4n) is 1.25. The maximum atomic E-state index is 9.30. The van der Waals surface area contributed by atoms with E-state index >= 15 is 0 Å². The molecule has 2 N–H and O–H groups in total. The number of aromatic nitrogens is 1. The highest BCUT2D eigenvalue weighted by Crippen LogP contribution is 2.29. The van der Waals surface area contributed by atoms with Crippen molar-refractivity contribution in [3.05, 3.63) is 42.7 Å². The number of pyridine rings is 1. The molecular weight excluding hydrogens is 178 g/mol. The van der Waals surface area contributed by atoms with Crippen molar-refractivity contribution in [2.45, 2.75) is 0 Å². The van der Waals surface area contributed by atoms with Gasteiger partial charge in [-0.2, -0.15) is 0 Å². The monoisotopic (exact) mass is 187 g/mol. The summed E-state index contributed by atoms with van der Waals surface area (Å²) in [5.74, 6) is -0.220. The highest BCUT2D eigenvalue weighted by atomic mass is 16.3. The van der Waals surface area contributed by atoms with Gasteiger partial charge in [-0.3, -0.25) is 4.98 Å². The zero-order chi connectivity index (χ0) is 9.97. The lowest BCUT2D eigenvalue weighted by Crippen LogP contribution is -1.78. The Morgan fingerprint density at radius 2 is 1.50 bits per heavy atom. The molecule has 0 spiro atoms. The molecule has 0 saturated carbocycles. The van der Waals surface area contributed by atoms with Gasteiger partial charge in [0, 0.05) is 12.4 Å². The quantitative estimate of drug-likeness (QED) is 0.672. The van der Waals surface area contributed by atoms with Crippen molar-refractivity contribution in [2.24, 2.45) is 0 Å². The zero-order valence-corrected chi connectivity index (χ0v) is 7.38. The minimum atomic E-state index is -0.112. The van der Waals surface area contributed by atoms with Crippen molar-refractivity contribution in [3.8, 4) is 22.6 Å². The summed E-state index contributed by atoms with van der Waals surface area (Å²) in [7, 11) is 0. The lowest BCUT2D eigenvalue weighted by molar-refractivity contribution is 0.404. The first-order valence-electron chi connectivity index (χ1n) is 4.20. The van der Waals surface area contributed by atoms with Gasteiger partial charge >= 0.3 is 0 Å². The third-order valence-corrected chi connectivity index (χ3v) is 1.99. The molecule has 0 saturated heterocycles. The molecule has 0 aliphatic heterocycles. The Hall–Kier alpha value is -2.03. The maximum absolute atomic E-state index is 9.30. The van der Waals surface area contributed by atoms with Crippen LogP contribution in [-0.4, -0.2) is 15.2 Å². The lowest BCUT2D eigenvalue weighted by Gasteiger charge is -2.02. The van der Waals surface area contributed by atoms with Crippen molar-refractivity contribution in [1.29, 1.82) is 0 Å². The molecular formula is C11H9NO2. The second-order valence-electron chi connectivity index (χ2n) is 2.94. The zero-order valence-electron chi connectivity index (χ0n) is 7.38. The molecule has 1 aromatic heterocycles. The van der Waals surface area contributed by atoms with Crippen LogP contribution in [0.3, 0.4) is 0 Å². The largest absolute Gasteiger partial charge is 0.504 e. The molecule has 3 nitrogen and oxygen atoms in total. The highest BCUT2D eigenvalue weighted by Gasteiger charge is 2.01. The van der Waals surface area contributed by atoms with E-state index < -0.39 is 0 Å². The Balaban J connectivity index is 2.48. The van der Waals surface area contributed by atoms with Crippen LogP contribution in [0.2, 0.25) is 0 Å².